The lowest BCUT2D eigenvalue weighted by Gasteiger charge is -2.15. The first-order chi connectivity index (χ1) is 9.04. The lowest BCUT2D eigenvalue weighted by Crippen LogP contribution is -1.98. The molecule has 0 amide bonds. The summed E-state index contributed by atoms with van der Waals surface area (Å²) in [7, 11) is 1.60. The first kappa shape index (κ1) is 14.9. The van der Waals surface area contributed by atoms with E-state index in [4.69, 9.17) is 27.9 Å². The Morgan fingerprint density at radius 1 is 1.21 bits per heavy atom. The van der Waals surface area contributed by atoms with E-state index < -0.39 is 0 Å². The van der Waals surface area contributed by atoms with Gasteiger partial charge in [-0.05, 0) is 58.3 Å². The van der Waals surface area contributed by atoms with Crippen molar-refractivity contribution in [2.45, 2.75) is 12.3 Å². The predicted molar refractivity (Wildman–Crippen MR) is 89.6 cm³/mol. The zero-order chi connectivity index (χ0) is 14.0. The molecule has 0 spiro atoms. The fourth-order valence-corrected chi connectivity index (χ4v) is 3.32. The zero-order valence-electron chi connectivity index (χ0n) is 10.6. The predicted octanol–water partition coefficient (Wildman–Crippen LogP) is 5.59. The molecule has 1 nitrogen and oxygen atoms in total. The van der Waals surface area contributed by atoms with Crippen LogP contribution in [0.2, 0.25) is 5.02 Å². The standard InChI is InChI=1S/C15H13Cl2IO/c1-9-4-3-5-11(15(9)18)14(17)10-6-7-13(19-2)12(16)8-10/h3-8,14H,1-2H3. The molecule has 0 N–H and O–H groups in total. The van der Waals surface area contributed by atoms with E-state index in [0.29, 0.717) is 10.8 Å². The molecule has 2 aromatic rings. The van der Waals surface area contributed by atoms with Crippen LogP contribution in [0.4, 0.5) is 0 Å². The third kappa shape index (κ3) is 3.18. The quantitative estimate of drug-likeness (QED) is 0.476. The average Bonchev–Trinajstić information content (AvgIpc) is 2.41. The summed E-state index contributed by atoms with van der Waals surface area (Å²) in [6.45, 7) is 2.08. The van der Waals surface area contributed by atoms with Crippen molar-refractivity contribution in [1.29, 1.82) is 0 Å². The van der Waals surface area contributed by atoms with Crippen molar-refractivity contribution < 1.29 is 4.74 Å². The second-order valence-corrected chi connectivity index (χ2v) is 6.16. The average molecular weight is 407 g/mol. The monoisotopic (exact) mass is 406 g/mol. The van der Waals surface area contributed by atoms with E-state index in [1.165, 1.54) is 9.13 Å². The van der Waals surface area contributed by atoms with E-state index in [1.807, 2.05) is 30.3 Å². The smallest absolute Gasteiger partial charge is 0.137 e. The van der Waals surface area contributed by atoms with E-state index in [9.17, 15) is 0 Å². The summed E-state index contributed by atoms with van der Waals surface area (Å²) in [5, 5.41) is 0.364. The third-order valence-electron chi connectivity index (χ3n) is 2.96. The summed E-state index contributed by atoms with van der Waals surface area (Å²) in [5.41, 5.74) is 3.29. The molecule has 0 fully saturated rings. The summed E-state index contributed by atoms with van der Waals surface area (Å²) in [5.74, 6) is 0.660. The van der Waals surface area contributed by atoms with E-state index in [2.05, 4.69) is 35.6 Å². The van der Waals surface area contributed by atoms with Gasteiger partial charge < -0.3 is 4.74 Å². The molecule has 1 unspecified atom stereocenters. The molecule has 0 aliphatic rings. The van der Waals surface area contributed by atoms with Gasteiger partial charge in [0.2, 0.25) is 0 Å². The van der Waals surface area contributed by atoms with Crippen LogP contribution >= 0.6 is 45.8 Å². The van der Waals surface area contributed by atoms with Gasteiger partial charge in [-0.2, -0.15) is 0 Å². The molecular formula is C15H13Cl2IO. The Kier molecular flexibility index (Phi) is 4.98. The van der Waals surface area contributed by atoms with Gasteiger partial charge in [-0.25, -0.2) is 0 Å². The van der Waals surface area contributed by atoms with Crippen LogP contribution in [0.25, 0.3) is 0 Å². The van der Waals surface area contributed by atoms with E-state index in [0.717, 1.165) is 11.1 Å². The number of hydrogen-bond donors (Lipinski definition) is 0. The Hall–Kier alpha value is -0.450. The molecule has 4 heteroatoms. The molecule has 0 saturated heterocycles. The van der Waals surface area contributed by atoms with Gasteiger partial charge in [0.15, 0.2) is 0 Å². The number of rotatable bonds is 3. The molecule has 0 heterocycles. The topological polar surface area (TPSA) is 9.23 Å². The van der Waals surface area contributed by atoms with Gasteiger partial charge in [-0.1, -0.05) is 35.9 Å². The Morgan fingerprint density at radius 2 is 1.95 bits per heavy atom. The van der Waals surface area contributed by atoms with Gasteiger partial charge >= 0.3 is 0 Å². The van der Waals surface area contributed by atoms with Crippen LogP contribution < -0.4 is 4.74 Å². The van der Waals surface area contributed by atoms with Crippen LogP contribution in [-0.2, 0) is 0 Å². The van der Waals surface area contributed by atoms with Crippen molar-refractivity contribution in [3.05, 3.63) is 61.7 Å². The minimum Gasteiger partial charge on any atom is -0.495 e. The van der Waals surface area contributed by atoms with Crippen molar-refractivity contribution in [2.75, 3.05) is 7.11 Å². The van der Waals surface area contributed by atoms with Crippen LogP contribution in [0.3, 0.4) is 0 Å². The Morgan fingerprint density at radius 3 is 2.58 bits per heavy atom. The fraction of sp³-hybridized carbons (Fsp3) is 0.200. The van der Waals surface area contributed by atoms with E-state index in [1.54, 1.807) is 7.11 Å². The molecule has 0 saturated carbocycles. The Bertz CT molecular complexity index is 599. The minimum atomic E-state index is -0.213. The van der Waals surface area contributed by atoms with Crippen molar-refractivity contribution in [3.8, 4) is 5.75 Å². The van der Waals surface area contributed by atoms with Crippen LogP contribution in [0, 0.1) is 10.5 Å². The third-order valence-corrected chi connectivity index (χ3v) is 5.22. The number of halogens is 3. The molecule has 0 radical (unpaired) electrons. The minimum absolute atomic E-state index is 0.213. The number of methoxy groups -OCH3 is 1. The summed E-state index contributed by atoms with van der Waals surface area (Å²) in [4.78, 5) is 0. The number of aryl methyl sites for hydroxylation is 1. The Labute approximate surface area is 137 Å². The molecule has 0 aliphatic heterocycles. The van der Waals surface area contributed by atoms with E-state index >= 15 is 0 Å². The van der Waals surface area contributed by atoms with Crippen LogP contribution in [-0.4, -0.2) is 7.11 Å². The maximum atomic E-state index is 6.57. The van der Waals surface area contributed by atoms with Gasteiger partial charge in [0.1, 0.15) is 5.75 Å². The second-order valence-electron chi connectivity index (χ2n) is 4.23. The molecule has 2 aromatic carbocycles. The molecule has 0 aliphatic carbocycles. The lowest BCUT2D eigenvalue weighted by molar-refractivity contribution is 0.415. The zero-order valence-corrected chi connectivity index (χ0v) is 14.3. The number of alkyl halides is 1. The molecule has 2 rings (SSSR count). The Balaban J connectivity index is 2.41. The molecular weight excluding hydrogens is 394 g/mol. The highest BCUT2D eigenvalue weighted by molar-refractivity contribution is 14.1. The largest absolute Gasteiger partial charge is 0.495 e. The molecule has 0 bridgehead atoms. The van der Waals surface area contributed by atoms with Gasteiger partial charge in [0.25, 0.3) is 0 Å². The molecule has 1 atom stereocenters. The molecule has 19 heavy (non-hydrogen) atoms. The highest BCUT2D eigenvalue weighted by Crippen LogP contribution is 2.36. The number of ether oxygens (including phenoxy) is 1. The summed E-state index contributed by atoms with van der Waals surface area (Å²) < 4.78 is 6.34. The first-order valence-corrected chi connectivity index (χ1v) is 7.66. The lowest BCUT2D eigenvalue weighted by atomic mass is 10.0. The van der Waals surface area contributed by atoms with Crippen LogP contribution in [0.5, 0.6) is 5.75 Å². The number of benzene rings is 2. The summed E-state index contributed by atoms with van der Waals surface area (Å²) in [6, 6.07) is 11.8. The van der Waals surface area contributed by atoms with Crippen molar-refractivity contribution in [3.63, 3.8) is 0 Å². The van der Waals surface area contributed by atoms with E-state index in [-0.39, 0.29) is 5.38 Å². The van der Waals surface area contributed by atoms with Crippen molar-refractivity contribution in [1.82, 2.24) is 0 Å². The van der Waals surface area contributed by atoms with Crippen molar-refractivity contribution >= 4 is 45.8 Å². The molecule has 100 valence electrons. The van der Waals surface area contributed by atoms with Gasteiger partial charge in [0.05, 0.1) is 17.5 Å². The second kappa shape index (κ2) is 6.33. The summed E-state index contributed by atoms with van der Waals surface area (Å²) >= 11 is 15.0. The van der Waals surface area contributed by atoms with Gasteiger partial charge in [0, 0.05) is 3.57 Å². The highest BCUT2D eigenvalue weighted by Gasteiger charge is 2.16. The summed E-state index contributed by atoms with van der Waals surface area (Å²) in [6.07, 6.45) is 0. The van der Waals surface area contributed by atoms with Crippen LogP contribution in [0.15, 0.2) is 36.4 Å². The SMILES string of the molecule is COc1ccc(C(Cl)c2cccc(C)c2I)cc1Cl. The van der Waals surface area contributed by atoms with Gasteiger partial charge in [-0.15, -0.1) is 11.6 Å². The molecule has 0 aromatic heterocycles. The van der Waals surface area contributed by atoms with Gasteiger partial charge in [-0.3, -0.25) is 0 Å². The highest BCUT2D eigenvalue weighted by atomic mass is 127. The number of hydrogen-bond acceptors (Lipinski definition) is 1. The normalized spacial score (nSPS) is 12.3. The van der Waals surface area contributed by atoms with Crippen molar-refractivity contribution in [2.24, 2.45) is 0 Å². The maximum Gasteiger partial charge on any atom is 0.137 e. The maximum absolute atomic E-state index is 6.57. The first-order valence-electron chi connectivity index (χ1n) is 5.77. The fourth-order valence-electron chi connectivity index (χ4n) is 1.89. The van der Waals surface area contributed by atoms with Crippen LogP contribution in [0.1, 0.15) is 22.1 Å².